The van der Waals surface area contributed by atoms with E-state index in [1.54, 1.807) is 22.4 Å². The summed E-state index contributed by atoms with van der Waals surface area (Å²) in [4.78, 5) is 0. The van der Waals surface area contributed by atoms with Crippen molar-refractivity contribution in [2.45, 2.75) is 103 Å². The predicted octanol–water partition coefficient (Wildman–Crippen LogP) is 11.9. The molecule has 3 saturated carbocycles. The van der Waals surface area contributed by atoms with Gasteiger partial charge in [-0.05, 0) is 121 Å². The van der Waals surface area contributed by atoms with E-state index in [9.17, 15) is 0 Å². The SMILES string of the molecule is C[C@H]1C2CCC3C(CC4CC5=[N+](C=C4[Si](C)(C)C)C4C(C6c7ccc8c9c(oc8c7-c7n(-c8ccccc8)c8ccccc8[n+]76)CCC=C9)=CC4C4=C5CCCC4)C321. The van der Waals surface area contributed by atoms with Gasteiger partial charge in [-0.2, -0.15) is 9.14 Å². The number of furan rings is 1. The second-order valence-corrected chi connectivity index (χ2v) is 26.0. The van der Waals surface area contributed by atoms with Crippen LogP contribution in [-0.2, 0) is 6.42 Å². The molecule has 5 heterocycles. The quantitative estimate of drug-likeness (QED) is 0.0991. The van der Waals surface area contributed by atoms with Gasteiger partial charge in [0.25, 0.3) is 5.82 Å². The molecule has 6 aliphatic carbocycles. The number of hydrogen-bond donors (Lipinski definition) is 0. The highest BCUT2D eigenvalue weighted by Gasteiger charge is 2.84. The molecule has 290 valence electrons. The van der Waals surface area contributed by atoms with E-state index in [1.165, 1.54) is 96.0 Å². The van der Waals surface area contributed by atoms with E-state index in [1.807, 2.05) is 5.20 Å². The van der Waals surface area contributed by atoms with Crippen LogP contribution < -0.4 is 4.57 Å². The molecule has 9 aliphatic rings. The zero-order valence-electron chi connectivity index (χ0n) is 34.6. The first-order valence-electron chi connectivity index (χ1n) is 23.0. The Morgan fingerprint density at radius 3 is 2.59 bits per heavy atom. The summed E-state index contributed by atoms with van der Waals surface area (Å²) in [5.74, 6) is 7.68. The lowest BCUT2D eigenvalue weighted by Gasteiger charge is -2.44. The molecule has 58 heavy (non-hydrogen) atoms. The molecule has 3 aromatic carbocycles. The topological polar surface area (TPSA) is 25.0 Å². The number of fused-ring (bicyclic) bond motifs is 13. The van der Waals surface area contributed by atoms with Crippen LogP contribution in [0.5, 0.6) is 0 Å². The summed E-state index contributed by atoms with van der Waals surface area (Å²) in [5.41, 5.74) is 16.4. The maximum absolute atomic E-state index is 7.04. The van der Waals surface area contributed by atoms with Crippen LogP contribution >= 0.6 is 0 Å². The van der Waals surface area contributed by atoms with Gasteiger partial charge in [0, 0.05) is 40.5 Å². The highest BCUT2D eigenvalue weighted by Crippen LogP contribution is 2.89. The average molecular weight is 778 g/mol. The third kappa shape index (κ3) is 4.03. The van der Waals surface area contributed by atoms with Crippen LogP contribution in [0.3, 0.4) is 0 Å². The Bertz CT molecular complexity index is 2850. The van der Waals surface area contributed by atoms with E-state index in [-0.39, 0.29) is 6.04 Å². The van der Waals surface area contributed by atoms with Crippen LogP contribution in [-0.4, -0.2) is 29.0 Å². The molecular formula is C53H55N3OSi+2. The molecule has 5 heteroatoms. The molecule has 3 aliphatic heterocycles. The van der Waals surface area contributed by atoms with Crippen molar-refractivity contribution in [3.05, 3.63) is 124 Å². The fraction of sp³-hybridized carbons (Fsp3) is 0.434. The summed E-state index contributed by atoms with van der Waals surface area (Å²) in [5, 5.41) is 3.10. The van der Waals surface area contributed by atoms with Crippen LogP contribution in [0.4, 0.5) is 0 Å². The fourth-order valence-corrected chi connectivity index (χ4v) is 17.3. The largest absolute Gasteiger partial charge is 0.459 e. The molecule has 0 radical (unpaired) electrons. The summed E-state index contributed by atoms with van der Waals surface area (Å²) in [7, 11) is -1.60. The monoisotopic (exact) mass is 777 g/mol. The summed E-state index contributed by atoms with van der Waals surface area (Å²) in [6.07, 6.45) is 23.2. The number of para-hydroxylation sites is 3. The number of rotatable bonds is 5. The van der Waals surface area contributed by atoms with Gasteiger partial charge in [0.1, 0.15) is 17.0 Å². The molecule has 8 unspecified atom stereocenters. The standard InChI is InChI=1S/C53H55N3OSi/c1-30-40-24-25-41-42(53(30,40)41)26-31-27-45-34-17-9-8-16-33(34)38-28-39(49(38)54(45)29-47(31)58(2,3)4)50-37-23-22-36-35-18-10-13-21-46(35)57-51(36)48(37)52-55(32-14-6-5-7-15-32)43-19-11-12-20-44(43)56(50)52/h5-7,10-12,14-15,18-20,22-23,28-31,38,40-42,49-50H,8-9,13,16-17,21,24-27H2,1-4H3/q+2/t30-,31?,38?,40?,41?,42?,49?,50?,53?/m0/s1. The van der Waals surface area contributed by atoms with Crippen LogP contribution in [0.2, 0.25) is 19.6 Å². The number of aryl methyl sites for hydroxylation is 1. The van der Waals surface area contributed by atoms with Gasteiger partial charge in [-0.15, -0.1) is 0 Å². The molecule has 1 spiro atoms. The molecular weight excluding hydrogens is 723 g/mol. The van der Waals surface area contributed by atoms with Crippen molar-refractivity contribution in [1.29, 1.82) is 0 Å². The zero-order valence-corrected chi connectivity index (χ0v) is 35.6. The van der Waals surface area contributed by atoms with Gasteiger partial charge in [-0.1, -0.05) is 87.3 Å². The molecule has 2 aromatic heterocycles. The Morgan fingerprint density at radius 2 is 1.74 bits per heavy atom. The zero-order chi connectivity index (χ0) is 38.4. The molecule has 14 rings (SSSR count). The minimum atomic E-state index is -1.60. The van der Waals surface area contributed by atoms with Crippen molar-refractivity contribution < 1.29 is 13.6 Å². The number of nitrogens with zero attached hydrogens (tertiary/aromatic N) is 3. The van der Waals surface area contributed by atoms with Gasteiger partial charge in [0.15, 0.2) is 40.6 Å². The number of aromatic nitrogens is 2. The highest BCUT2D eigenvalue weighted by atomic mass is 28.3. The third-order valence-corrected chi connectivity index (χ3v) is 19.9. The molecule has 9 atom stereocenters. The van der Waals surface area contributed by atoms with Crippen LogP contribution in [0, 0.1) is 40.9 Å². The van der Waals surface area contributed by atoms with Gasteiger partial charge >= 0.3 is 0 Å². The lowest BCUT2D eigenvalue weighted by molar-refractivity contribution is -0.669. The van der Waals surface area contributed by atoms with Gasteiger partial charge in [-0.25, -0.2) is 4.57 Å². The Morgan fingerprint density at radius 1 is 0.914 bits per heavy atom. The van der Waals surface area contributed by atoms with Crippen LogP contribution in [0.15, 0.2) is 111 Å². The highest BCUT2D eigenvalue weighted by molar-refractivity contribution is 6.83. The average Bonchev–Trinajstić information content (AvgIpc) is 3.62. The van der Waals surface area contributed by atoms with E-state index in [0.29, 0.717) is 12.0 Å². The van der Waals surface area contributed by atoms with E-state index < -0.39 is 8.07 Å². The molecule has 0 N–H and O–H groups in total. The van der Waals surface area contributed by atoms with Crippen LogP contribution in [0.1, 0.15) is 87.6 Å². The van der Waals surface area contributed by atoms with Crippen molar-refractivity contribution in [1.82, 2.24) is 4.57 Å². The van der Waals surface area contributed by atoms with Gasteiger partial charge in [0.2, 0.25) is 0 Å². The second-order valence-electron chi connectivity index (χ2n) is 20.9. The minimum absolute atomic E-state index is 0.106. The van der Waals surface area contributed by atoms with E-state index in [2.05, 4.69) is 131 Å². The fourth-order valence-electron chi connectivity index (χ4n) is 15.3. The van der Waals surface area contributed by atoms with E-state index in [0.717, 1.165) is 59.2 Å². The maximum atomic E-state index is 7.04. The molecule has 0 amide bonds. The summed E-state index contributed by atoms with van der Waals surface area (Å²) in [6.45, 7) is 10.5. The molecule has 3 fully saturated rings. The van der Waals surface area contributed by atoms with Crippen molar-refractivity contribution in [2.24, 2.45) is 40.9 Å². The Balaban J connectivity index is 0.969. The van der Waals surface area contributed by atoms with Crippen molar-refractivity contribution in [2.75, 3.05) is 0 Å². The number of benzene rings is 3. The van der Waals surface area contributed by atoms with Gasteiger partial charge in [-0.3, -0.25) is 0 Å². The molecule has 0 bridgehead atoms. The first-order valence-corrected chi connectivity index (χ1v) is 26.5. The number of imidazole rings is 1. The maximum Gasteiger partial charge on any atom is 0.300 e. The summed E-state index contributed by atoms with van der Waals surface area (Å²) >= 11 is 0. The summed E-state index contributed by atoms with van der Waals surface area (Å²) in [6, 6.07) is 25.6. The second kappa shape index (κ2) is 11.2. The normalized spacial score (nSPS) is 33.4. The first-order chi connectivity index (χ1) is 28.3. The van der Waals surface area contributed by atoms with Gasteiger partial charge < -0.3 is 4.42 Å². The smallest absolute Gasteiger partial charge is 0.300 e. The van der Waals surface area contributed by atoms with Crippen LogP contribution in [0.25, 0.3) is 45.2 Å². The first kappa shape index (κ1) is 33.4. The van der Waals surface area contributed by atoms with Crippen molar-refractivity contribution in [3.63, 3.8) is 0 Å². The van der Waals surface area contributed by atoms with Crippen molar-refractivity contribution >= 4 is 41.9 Å². The van der Waals surface area contributed by atoms with E-state index in [4.69, 9.17) is 4.42 Å². The molecule has 5 aromatic rings. The molecule has 0 saturated heterocycles. The minimum Gasteiger partial charge on any atom is -0.459 e. The Hall–Kier alpha value is -4.48. The number of hydrogen-bond acceptors (Lipinski definition) is 1. The lowest BCUT2D eigenvalue weighted by Crippen LogP contribution is -2.54. The lowest BCUT2D eigenvalue weighted by atomic mass is 9.64. The van der Waals surface area contributed by atoms with Gasteiger partial charge in [0.05, 0.1) is 14.0 Å². The number of allylic oxidation sites excluding steroid dienone is 3. The Labute approximate surface area is 343 Å². The summed E-state index contributed by atoms with van der Waals surface area (Å²) < 4.78 is 15.2. The molecule has 4 nitrogen and oxygen atoms in total. The van der Waals surface area contributed by atoms with Crippen molar-refractivity contribution in [3.8, 4) is 17.1 Å². The third-order valence-electron chi connectivity index (χ3n) is 17.6. The Kier molecular flexibility index (Phi) is 6.45. The van der Waals surface area contributed by atoms with E-state index >= 15 is 0 Å². The predicted molar refractivity (Wildman–Crippen MR) is 236 cm³/mol.